The van der Waals surface area contributed by atoms with E-state index in [1.165, 1.54) is 6.08 Å². The highest BCUT2D eigenvalue weighted by Gasteiger charge is 2.51. The van der Waals surface area contributed by atoms with Gasteiger partial charge in [-0.25, -0.2) is 4.79 Å². The van der Waals surface area contributed by atoms with Crippen LogP contribution in [0.4, 0.5) is 0 Å². The quantitative estimate of drug-likeness (QED) is 0.848. The first-order valence-electron chi connectivity index (χ1n) is 8.57. The van der Waals surface area contributed by atoms with Gasteiger partial charge in [-0.3, -0.25) is 9.59 Å². The fourth-order valence-corrected chi connectivity index (χ4v) is 3.52. The average molecular weight is 363 g/mol. The van der Waals surface area contributed by atoms with Gasteiger partial charge >= 0.3 is 5.97 Å². The van der Waals surface area contributed by atoms with Gasteiger partial charge in [-0.15, -0.1) is 0 Å². The zero-order valence-corrected chi connectivity index (χ0v) is 14.4. The monoisotopic (exact) mass is 363 g/mol. The summed E-state index contributed by atoms with van der Waals surface area (Å²) in [7, 11) is 0. The van der Waals surface area contributed by atoms with Crippen LogP contribution in [0.5, 0.6) is 5.75 Å². The van der Waals surface area contributed by atoms with Crippen LogP contribution < -0.4 is 4.74 Å². The Morgan fingerprint density at radius 2 is 1.85 bits per heavy atom. The lowest BCUT2D eigenvalue weighted by Gasteiger charge is -2.51. The molecule has 0 aliphatic carbocycles. The highest BCUT2D eigenvalue weighted by molar-refractivity contribution is 6.02. The molecule has 136 valence electrons. The van der Waals surface area contributed by atoms with Crippen LogP contribution in [0.2, 0.25) is 0 Å². The molecule has 4 rings (SSSR count). The van der Waals surface area contributed by atoms with Crippen molar-refractivity contribution in [2.45, 2.75) is 12.0 Å². The minimum Gasteiger partial charge on any atom is -0.482 e. The Labute approximate surface area is 155 Å². The van der Waals surface area contributed by atoms with Gasteiger partial charge in [-0.2, -0.15) is 0 Å². The van der Waals surface area contributed by atoms with Crippen LogP contribution in [0, 0.1) is 0 Å². The normalized spacial score (nSPS) is 17.3. The van der Waals surface area contributed by atoms with Crippen LogP contribution >= 0.6 is 0 Å². The summed E-state index contributed by atoms with van der Waals surface area (Å²) in [5.74, 6) is -0.705. The van der Waals surface area contributed by atoms with Crippen LogP contribution in [-0.2, 0) is 4.79 Å². The number of ketones is 1. The molecule has 2 aliphatic rings. The third kappa shape index (κ3) is 3.21. The van der Waals surface area contributed by atoms with E-state index in [9.17, 15) is 14.4 Å². The molecular formula is C21H17NO5. The summed E-state index contributed by atoms with van der Waals surface area (Å²) in [6.45, 7) is 0.735. The van der Waals surface area contributed by atoms with E-state index in [1.54, 1.807) is 35.2 Å². The molecule has 2 aliphatic heterocycles. The highest BCUT2D eigenvalue weighted by Crippen LogP contribution is 2.39. The second kappa shape index (κ2) is 6.39. The lowest BCUT2D eigenvalue weighted by molar-refractivity contribution is -0.131. The van der Waals surface area contributed by atoms with Gasteiger partial charge < -0.3 is 14.7 Å². The third-order valence-corrected chi connectivity index (χ3v) is 4.80. The Hall–Kier alpha value is -3.41. The summed E-state index contributed by atoms with van der Waals surface area (Å²) in [6, 6.07) is 14.0. The van der Waals surface area contributed by atoms with Crippen LogP contribution in [0.25, 0.3) is 6.08 Å². The fraction of sp³-hybridized carbons (Fsp3) is 0.190. The van der Waals surface area contributed by atoms with Gasteiger partial charge in [0.1, 0.15) is 5.75 Å². The zero-order valence-electron chi connectivity index (χ0n) is 14.4. The van der Waals surface area contributed by atoms with Gasteiger partial charge in [-0.05, 0) is 35.9 Å². The Kier molecular flexibility index (Phi) is 4.03. The third-order valence-electron chi connectivity index (χ3n) is 4.80. The van der Waals surface area contributed by atoms with Crippen molar-refractivity contribution in [2.75, 3.05) is 13.1 Å². The molecule has 0 unspecified atom stereocenters. The van der Waals surface area contributed by atoms with Gasteiger partial charge in [0.05, 0.1) is 25.1 Å². The summed E-state index contributed by atoms with van der Waals surface area (Å²) in [5, 5.41) is 8.71. The highest BCUT2D eigenvalue weighted by atomic mass is 16.5. The first-order valence-corrected chi connectivity index (χ1v) is 8.57. The molecule has 0 bridgehead atoms. The molecule has 0 saturated carbocycles. The van der Waals surface area contributed by atoms with Crippen LogP contribution in [0.3, 0.4) is 0 Å². The van der Waals surface area contributed by atoms with Crippen molar-refractivity contribution in [3.8, 4) is 5.75 Å². The predicted octanol–water partition coefficient (Wildman–Crippen LogP) is 2.64. The fourth-order valence-electron chi connectivity index (χ4n) is 3.52. The van der Waals surface area contributed by atoms with Crippen molar-refractivity contribution in [3.05, 3.63) is 71.3 Å². The van der Waals surface area contributed by atoms with Crippen molar-refractivity contribution in [1.29, 1.82) is 0 Å². The number of carbonyl (C=O) groups excluding carboxylic acids is 2. The van der Waals surface area contributed by atoms with E-state index in [4.69, 9.17) is 9.84 Å². The van der Waals surface area contributed by atoms with Gasteiger partial charge in [0, 0.05) is 11.6 Å². The topological polar surface area (TPSA) is 83.9 Å². The van der Waals surface area contributed by atoms with E-state index in [2.05, 4.69) is 0 Å². The van der Waals surface area contributed by atoms with Crippen LogP contribution in [0.15, 0.2) is 54.6 Å². The summed E-state index contributed by atoms with van der Waals surface area (Å²) in [4.78, 5) is 37.4. The van der Waals surface area contributed by atoms with Crippen molar-refractivity contribution >= 4 is 23.7 Å². The molecular weight excluding hydrogens is 346 g/mol. The van der Waals surface area contributed by atoms with Gasteiger partial charge in [-0.1, -0.05) is 24.3 Å². The molecule has 1 saturated heterocycles. The molecule has 0 aromatic heterocycles. The van der Waals surface area contributed by atoms with Crippen LogP contribution in [0.1, 0.15) is 32.7 Å². The van der Waals surface area contributed by atoms with E-state index in [-0.39, 0.29) is 18.1 Å². The van der Waals surface area contributed by atoms with Crippen molar-refractivity contribution in [2.24, 2.45) is 0 Å². The minimum atomic E-state index is -1.05. The standard InChI is InChI=1S/C21H17NO5/c23-17-11-21(12-22(13-21)20(26)15-4-2-1-3-5-15)27-18-8-6-14(10-16(17)18)7-9-19(24)25/h1-10H,11-13H2,(H,24,25)/b9-7+. The molecule has 1 amide bonds. The number of carbonyl (C=O) groups is 3. The summed E-state index contributed by atoms with van der Waals surface area (Å²) in [6.07, 6.45) is 2.66. The number of nitrogens with zero attached hydrogens (tertiary/aromatic N) is 1. The van der Waals surface area contributed by atoms with E-state index < -0.39 is 11.6 Å². The SMILES string of the molecule is O=C(O)/C=C/c1ccc2c(c1)C(=O)CC1(CN(C(=O)c3ccccc3)C1)O2. The maximum Gasteiger partial charge on any atom is 0.328 e. The van der Waals surface area contributed by atoms with E-state index in [0.717, 1.165) is 6.08 Å². The molecule has 2 aromatic carbocycles. The zero-order chi connectivity index (χ0) is 19.0. The minimum absolute atomic E-state index is 0.0614. The van der Waals surface area contributed by atoms with E-state index >= 15 is 0 Å². The predicted molar refractivity (Wildman–Crippen MR) is 97.8 cm³/mol. The number of ether oxygens (including phenoxy) is 1. The maximum absolute atomic E-state index is 12.6. The molecule has 2 aromatic rings. The van der Waals surface area contributed by atoms with Gasteiger partial charge in [0.15, 0.2) is 11.4 Å². The molecule has 1 spiro atoms. The second-order valence-electron chi connectivity index (χ2n) is 6.84. The number of hydrogen-bond donors (Lipinski definition) is 1. The van der Waals surface area contributed by atoms with Crippen molar-refractivity contribution in [3.63, 3.8) is 0 Å². The number of aliphatic carboxylic acids is 1. The molecule has 0 atom stereocenters. The lowest BCUT2D eigenvalue weighted by atomic mass is 9.83. The number of rotatable bonds is 3. The Bertz CT molecular complexity index is 958. The molecule has 6 heteroatoms. The Morgan fingerprint density at radius 1 is 1.11 bits per heavy atom. The number of fused-ring (bicyclic) bond motifs is 1. The van der Waals surface area contributed by atoms with Crippen molar-refractivity contribution in [1.82, 2.24) is 4.90 Å². The number of carboxylic acid groups (broad SMARTS) is 1. The molecule has 1 fully saturated rings. The van der Waals surface area contributed by atoms with E-state index in [0.29, 0.717) is 35.5 Å². The molecule has 6 nitrogen and oxygen atoms in total. The summed E-state index contributed by atoms with van der Waals surface area (Å²) >= 11 is 0. The molecule has 1 N–H and O–H groups in total. The Morgan fingerprint density at radius 3 is 2.56 bits per heavy atom. The number of carboxylic acids is 1. The first kappa shape index (κ1) is 17.0. The smallest absolute Gasteiger partial charge is 0.328 e. The number of amides is 1. The summed E-state index contributed by atoms with van der Waals surface area (Å²) < 4.78 is 6.07. The van der Waals surface area contributed by atoms with Gasteiger partial charge in [0.25, 0.3) is 5.91 Å². The van der Waals surface area contributed by atoms with Crippen molar-refractivity contribution < 1.29 is 24.2 Å². The number of likely N-dealkylation sites (tertiary alicyclic amines) is 1. The largest absolute Gasteiger partial charge is 0.482 e. The Balaban J connectivity index is 1.49. The van der Waals surface area contributed by atoms with Crippen LogP contribution in [-0.4, -0.2) is 46.4 Å². The second-order valence-corrected chi connectivity index (χ2v) is 6.84. The average Bonchev–Trinajstić information content (AvgIpc) is 2.64. The molecule has 2 heterocycles. The number of benzene rings is 2. The van der Waals surface area contributed by atoms with E-state index in [1.807, 2.05) is 18.2 Å². The number of Topliss-reactive ketones (excluding diaryl/α,β-unsaturated/α-hetero) is 1. The lowest BCUT2D eigenvalue weighted by Crippen LogP contribution is -2.68. The number of hydrogen-bond acceptors (Lipinski definition) is 4. The molecule has 0 radical (unpaired) electrons. The molecule has 27 heavy (non-hydrogen) atoms. The summed E-state index contributed by atoms with van der Waals surface area (Å²) in [5.41, 5.74) is 1.01. The first-order chi connectivity index (χ1) is 13.0. The van der Waals surface area contributed by atoms with Gasteiger partial charge in [0.2, 0.25) is 0 Å². The maximum atomic E-state index is 12.6.